The van der Waals surface area contributed by atoms with Gasteiger partial charge in [0.25, 0.3) is 11.5 Å². The van der Waals surface area contributed by atoms with Crippen LogP contribution in [-0.2, 0) is 9.53 Å². The van der Waals surface area contributed by atoms with Crippen LogP contribution in [0.3, 0.4) is 0 Å². The second kappa shape index (κ2) is 9.52. The number of aromatic nitrogens is 2. The number of rotatable bonds is 6. The largest absolute Gasteiger partial charge is 0.479 e. The molecule has 4 atom stereocenters. The first-order chi connectivity index (χ1) is 14.2. The predicted octanol–water partition coefficient (Wildman–Crippen LogP) is 1.84. The lowest BCUT2D eigenvalue weighted by atomic mass is 10.2. The predicted molar refractivity (Wildman–Crippen MR) is 113 cm³/mol. The van der Waals surface area contributed by atoms with E-state index in [9.17, 15) is 19.5 Å². The number of benzene rings is 1. The van der Waals surface area contributed by atoms with Crippen molar-refractivity contribution in [2.75, 3.05) is 6.54 Å². The first-order valence-electron chi connectivity index (χ1n) is 8.89. The minimum absolute atomic E-state index is 0.00216. The quantitative estimate of drug-likeness (QED) is 0.532. The molecule has 12 heteroatoms. The summed E-state index contributed by atoms with van der Waals surface area (Å²) < 4.78 is 12.6. The van der Waals surface area contributed by atoms with Gasteiger partial charge < -0.3 is 19.9 Å². The Morgan fingerprint density at radius 3 is 2.90 bits per heavy atom. The zero-order valence-electron chi connectivity index (χ0n) is 15.6. The van der Waals surface area contributed by atoms with E-state index in [0.29, 0.717) is 10.8 Å². The maximum atomic E-state index is 12.3. The first-order valence-corrected chi connectivity index (χ1v) is 10.4. The third kappa shape index (κ3) is 5.25. The first kappa shape index (κ1) is 22.8. The van der Waals surface area contributed by atoms with Crippen molar-refractivity contribution in [1.29, 1.82) is 0 Å². The van der Waals surface area contributed by atoms with Crippen molar-refractivity contribution in [1.82, 2.24) is 14.9 Å². The van der Waals surface area contributed by atoms with Gasteiger partial charge in [-0.1, -0.05) is 23.2 Å². The number of carbonyl (C=O) groups is 1. The molecule has 0 bridgehead atoms. The second-order valence-corrected chi connectivity index (χ2v) is 8.35. The Hall–Kier alpha value is -1.85. The average molecular weight is 523 g/mol. The zero-order chi connectivity index (χ0) is 22.0. The minimum Gasteiger partial charge on any atom is -0.479 e. The number of aliphatic hydroxyl groups is 1. The van der Waals surface area contributed by atoms with Crippen molar-refractivity contribution in [2.24, 2.45) is 0 Å². The molecule has 3 N–H and O–H groups in total. The molecule has 0 radical (unpaired) electrons. The Bertz CT molecular complexity index is 1060. The van der Waals surface area contributed by atoms with Gasteiger partial charge in [0.15, 0.2) is 6.10 Å². The standard InChI is InChI=1S/C18H18BrCl2N3O6/c1-8(29-13-3-2-9(20)4-11(13)21)16(26)22-6-14-12(25)5-15(30-14)24-7-10(19)17(27)23-18(24)28/h2-4,7-8,12,14-15,25H,5-6H2,1H3,(H,22,26)(H,23,27,28)/t8?,12-,14+,15+/m0/s1. The van der Waals surface area contributed by atoms with Crippen molar-refractivity contribution in [3.8, 4) is 5.75 Å². The number of carbonyl (C=O) groups excluding carboxylic acids is 1. The van der Waals surface area contributed by atoms with E-state index in [1.54, 1.807) is 19.1 Å². The lowest BCUT2D eigenvalue weighted by Gasteiger charge is -2.19. The Morgan fingerprint density at radius 1 is 1.47 bits per heavy atom. The molecule has 162 valence electrons. The molecule has 1 aromatic heterocycles. The van der Waals surface area contributed by atoms with Gasteiger partial charge in [-0.25, -0.2) is 4.79 Å². The van der Waals surface area contributed by atoms with Gasteiger partial charge in [0.1, 0.15) is 18.1 Å². The van der Waals surface area contributed by atoms with Gasteiger partial charge in [0, 0.05) is 24.2 Å². The number of hydrogen-bond acceptors (Lipinski definition) is 6. The number of ether oxygens (including phenoxy) is 2. The Balaban J connectivity index is 1.58. The zero-order valence-corrected chi connectivity index (χ0v) is 18.7. The summed E-state index contributed by atoms with van der Waals surface area (Å²) in [6.45, 7) is 1.55. The Labute approximate surface area is 189 Å². The molecule has 1 aliphatic heterocycles. The SMILES string of the molecule is CC(Oc1ccc(Cl)cc1Cl)C(=O)NC[C@H]1O[C@@H](n2cc(Br)c(=O)[nH]c2=O)C[C@@H]1O. The fraction of sp³-hybridized carbons (Fsp3) is 0.389. The molecular formula is C18H18BrCl2N3O6. The third-order valence-electron chi connectivity index (χ3n) is 4.48. The molecule has 2 aromatic rings. The van der Waals surface area contributed by atoms with E-state index < -0.39 is 41.7 Å². The molecule has 9 nitrogen and oxygen atoms in total. The van der Waals surface area contributed by atoms with Crippen LogP contribution in [0.2, 0.25) is 10.0 Å². The summed E-state index contributed by atoms with van der Waals surface area (Å²) in [6.07, 6.45) is -1.91. The number of nitrogens with zero attached hydrogens (tertiary/aromatic N) is 1. The molecule has 1 saturated heterocycles. The van der Waals surface area contributed by atoms with Gasteiger partial charge in [-0.2, -0.15) is 0 Å². The van der Waals surface area contributed by atoms with Crippen molar-refractivity contribution in [3.63, 3.8) is 0 Å². The van der Waals surface area contributed by atoms with E-state index in [2.05, 4.69) is 26.2 Å². The summed E-state index contributed by atoms with van der Waals surface area (Å²) in [5.74, 6) is -0.131. The lowest BCUT2D eigenvalue weighted by molar-refractivity contribution is -0.128. The molecule has 2 heterocycles. The monoisotopic (exact) mass is 521 g/mol. The fourth-order valence-corrected chi connectivity index (χ4v) is 3.68. The van der Waals surface area contributed by atoms with Crippen LogP contribution in [0.4, 0.5) is 0 Å². The van der Waals surface area contributed by atoms with Crippen molar-refractivity contribution < 1.29 is 19.4 Å². The van der Waals surface area contributed by atoms with Crippen molar-refractivity contribution >= 4 is 45.0 Å². The molecule has 1 fully saturated rings. The highest BCUT2D eigenvalue weighted by Crippen LogP contribution is 2.29. The highest BCUT2D eigenvalue weighted by atomic mass is 79.9. The van der Waals surface area contributed by atoms with E-state index in [-0.39, 0.29) is 22.5 Å². The Kier molecular flexibility index (Phi) is 7.25. The molecule has 1 aromatic carbocycles. The molecule has 0 saturated carbocycles. The van der Waals surface area contributed by atoms with Crippen LogP contribution in [0.25, 0.3) is 0 Å². The summed E-state index contributed by atoms with van der Waals surface area (Å²) >= 11 is 14.9. The molecule has 0 aliphatic carbocycles. The van der Waals surface area contributed by atoms with Crippen LogP contribution >= 0.6 is 39.1 Å². The normalized spacial score (nSPS) is 22.0. The molecule has 30 heavy (non-hydrogen) atoms. The van der Waals surface area contributed by atoms with Crippen molar-refractivity contribution in [2.45, 2.75) is 37.9 Å². The average Bonchev–Trinajstić information content (AvgIpc) is 3.05. The topological polar surface area (TPSA) is 123 Å². The summed E-state index contributed by atoms with van der Waals surface area (Å²) in [7, 11) is 0. The van der Waals surface area contributed by atoms with E-state index in [1.807, 2.05) is 0 Å². The number of nitrogens with one attached hydrogen (secondary N) is 2. The molecule has 3 rings (SSSR count). The smallest absolute Gasteiger partial charge is 0.330 e. The number of aliphatic hydroxyl groups excluding tert-OH is 1. The van der Waals surface area contributed by atoms with Crippen LogP contribution in [0.15, 0.2) is 38.5 Å². The number of halogens is 3. The summed E-state index contributed by atoms with van der Waals surface area (Å²) in [6, 6.07) is 4.65. The van der Waals surface area contributed by atoms with Crippen LogP contribution < -0.4 is 21.3 Å². The number of H-pyrrole nitrogens is 1. The lowest BCUT2D eigenvalue weighted by Crippen LogP contribution is -2.42. The summed E-state index contributed by atoms with van der Waals surface area (Å²) in [5, 5.41) is 13.6. The summed E-state index contributed by atoms with van der Waals surface area (Å²) in [4.78, 5) is 37.9. The van der Waals surface area contributed by atoms with Gasteiger partial charge in [-0.05, 0) is 41.1 Å². The van der Waals surface area contributed by atoms with Gasteiger partial charge in [-0.15, -0.1) is 0 Å². The van der Waals surface area contributed by atoms with E-state index in [4.69, 9.17) is 32.7 Å². The third-order valence-corrected chi connectivity index (χ3v) is 5.58. The van der Waals surface area contributed by atoms with Gasteiger partial charge in [0.2, 0.25) is 0 Å². The molecule has 1 unspecified atom stereocenters. The Morgan fingerprint density at radius 2 is 2.20 bits per heavy atom. The minimum atomic E-state index is -0.921. The van der Waals surface area contributed by atoms with Gasteiger partial charge >= 0.3 is 5.69 Å². The number of aromatic amines is 1. The molecule has 0 spiro atoms. The second-order valence-electron chi connectivity index (χ2n) is 6.66. The number of hydrogen-bond donors (Lipinski definition) is 3. The van der Waals surface area contributed by atoms with Crippen molar-refractivity contribution in [3.05, 3.63) is 59.8 Å². The molecular weight excluding hydrogens is 505 g/mol. The van der Waals surface area contributed by atoms with Crippen LogP contribution in [-0.4, -0.2) is 45.4 Å². The maximum Gasteiger partial charge on any atom is 0.330 e. The van der Waals surface area contributed by atoms with Gasteiger partial charge in [0.05, 0.1) is 15.6 Å². The van der Waals surface area contributed by atoms with E-state index >= 15 is 0 Å². The highest BCUT2D eigenvalue weighted by molar-refractivity contribution is 9.10. The molecule has 1 aliphatic rings. The number of amides is 1. The highest BCUT2D eigenvalue weighted by Gasteiger charge is 2.36. The maximum absolute atomic E-state index is 12.3. The van der Waals surface area contributed by atoms with E-state index in [1.165, 1.54) is 16.8 Å². The fourth-order valence-electron chi connectivity index (χ4n) is 2.90. The molecule has 1 amide bonds. The van der Waals surface area contributed by atoms with Crippen LogP contribution in [0.5, 0.6) is 5.75 Å². The van der Waals surface area contributed by atoms with Crippen LogP contribution in [0, 0.1) is 0 Å². The summed E-state index contributed by atoms with van der Waals surface area (Å²) in [5.41, 5.74) is -1.22. The van der Waals surface area contributed by atoms with Crippen LogP contribution in [0.1, 0.15) is 19.6 Å². The van der Waals surface area contributed by atoms with Gasteiger partial charge in [-0.3, -0.25) is 19.1 Å². The van der Waals surface area contributed by atoms with E-state index in [0.717, 1.165) is 0 Å².